The lowest BCUT2D eigenvalue weighted by Gasteiger charge is -2.35. The van der Waals surface area contributed by atoms with Crippen LogP contribution in [0, 0.1) is 29.6 Å². The van der Waals surface area contributed by atoms with Gasteiger partial charge in [0.2, 0.25) is 5.91 Å². The van der Waals surface area contributed by atoms with E-state index in [-0.39, 0.29) is 23.7 Å². The summed E-state index contributed by atoms with van der Waals surface area (Å²) in [7, 11) is 0. The van der Waals surface area contributed by atoms with Gasteiger partial charge in [-0.15, -0.1) is 0 Å². The average molecular weight is 263 g/mol. The summed E-state index contributed by atoms with van der Waals surface area (Å²) in [4.78, 5) is 26.0. The lowest BCUT2D eigenvalue weighted by atomic mass is 9.81. The van der Waals surface area contributed by atoms with Crippen LogP contribution in [-0.2, 0) is 9.59 Å². The zero-order valence-electron chi connectivity index (χ0n) is 11.3. The second-order valence-electron chi connectivity index (χ2n) is 6.35. The molecular weight excluding hydrogens is 242 g/mol. The number of carboxylic acids is 1. The molecule has 1 amide bonds. The summed E-state index contributed by atoms with van der Waals surface area (Å²) in [6.07, 6.45) is 6.97. The van der Waals surface area contributed by atoms with Gasteiger partial charge in [-0.05, 0) is 37.0 Å². The molecule has 3 rings (SSSR count). The Morgan fingerprint density at radius 1 is 1.11 bits per heavy atom. The van der Waals surface area contributed by atoms with Gasteiger partial charge in [-0.25, -0.2) is 0 Å². The highest BCUT2D eigenvalue weighted by atomic mass is 16.4. The maximum atomic E-state index is 12.6. The fraction of sp³-hybridized carbons (Fsp3) is 0.733. The Hall–Kier alpha value is -1.32. The summed E-state index contributed by atoms with van der Waals surface area (Å²) < 4.78 is 0. The van der Waals surface area contributed by atoms with Crippen molar-refractivity contribution in [1.29, 1.82) is 0 Å². The molecule has 0 aromatic carbocycles. The molecule has 0 radical (unpaired) electrons. The molecule has 1 aliphatic heterocycles. The molecular formula is C15H21NO3. The maximum absolute atomic E-state index is 12.6. The van der Waals surface area contributed by atoms with Gasteiger partial charge in [0.05, 0.1) is 11.8 Å². The van der Waals surface area contributed by atoms with E-state index in [4.69, 9.17) is 0 Å². The summed E-state index contributed by atoms with van der Waals surface area (Å²) >= 11 is 0. The van der Waals surface area contributed by atoms with Gasteiger partial charge in [-0.3, -0.25) is 9.59 Å². The van der Waals surface area contributed by atoms with E-state index in [1.807, 2.05) is 11.0 Å². The van der Waals surface area contributed by atoms with E-state index in [9.17, 15) is 14.7 Å². The van der Waals surface area contributed by atoms with Crippen LogP contribution in [0.5, 0.6) is 0 Å². The number of amides is 1. The minimum atomic E-state index is -0.805. The largest absolute Gasteiger partial charge is 0.481 e. The van der Waals surface area contributed by atoms with Crippen LogP contribution >= 0.6 is 0 Å². The standard InChI is InChI=1S/C15H21NO3/c1-9-4-6-16(7-5-9)14(17)12-10-2-3-11(8-10)13(12)15(18)19/h2-3,9-13H,4-8H2,1H3,(H,18,19)/t10-,11+,12-,13-/m0/s1. The number of fused-ring (bicyclic) bond motifs is 2. The number of carboxylic acid groups (broad SMARTS) is 1. The summed E-state index contributed by atoms with van der Waals surface area (Å²) in [6, 6.07) is 0. The highest BCUT2D eigenvalue weighted by Gasteiger charge is 2.52. The Kier molecular flexibility index (Phi) is 3.11. The van der Waals surface area contributed by atoms with Gasteiger partial charge in [-0.1, -0.05) is 19.1 Å². The van der Waals surface area contributed by atoms with Crippen LogP contribution in [0.25, 0.3) is 0 Å². The summed E-state index contributed by atoms with van der Waals surface area (Å²) in [5, 5.41) is 9.39. The van der Waals surface area contributed by atoms with E-state index in [2.05, 4.69) is 13.0 Å². The van der Waals surface area contributed by atoms with Gasteiger partial charge in [0.15, 0.2) is 0 Å². The van der Waals surface area contributed by atoms with E-state index in [0.717, 1.165) is 32.4 Å². The van der Waals surface area contributed by atoms with Crippen molar-refractivity contribution < 1.29 is 14.7 Å². The van der Waals surface area contributed by atoms with Crippen molar-refractivity contribution in [3.05, 3.63) is 12.2 Å². The number of hydrogen-bond donors (Lipinski definition) is 1. The normalized spacial score (nSPS) is 37.8. The van der Waals surface area contributed by atoms with Crippen LogP contribution in [0.2, 0.25) is 0 Å². The quantitative estimate of drug-likeness (QED) is 0.772. The van der Waals surface area contributed by atoms with Crippen molar-refractivity contribution in [3.63, 3.8) is 0 Å². The number of allylic oxidation sites excluding steroid dienone is 2. The number of hydrogen-bond acceptors (Lipinski definition) is 2. The fourth-order valence-electron chi connectivity index (χ4n) is 3.94. The zero-order chi connectivity index (χ0) is 13.6. The molecule has 4 nitrogen and oxygen atoms in total. The minimum absolute atomic E-state index is 0.0696. The highest BCUT2D eigenvalue weighted by Crippen LogP contribution is 2.49. The lowest BCUT2D eigenvalue weighted by Crippen LogP contribution is -2.45. The second-order valence-corrected chi connectivity index (χ2v) is 6.35. The Morgan fingerprint density at radius 3 is 2.26 bits per heavy atom. The number of carbonyl (C=O) groups is 2. The van der Waals surface area contributed by atoms with E-state index in [0.29, 0.717) is 5.92 Å². The first-order chi connectivity index (χ1) is 9.08. The third-order valence-corrected chi connectivity index (χ3v) is 5.12. The molecule has 0 unspecified atom stereocenters. The summed E-state index contributed by atoms with van der Waals surface area (Å²) in [6.45, 7) is 3.80. The SMILES string of the molecule is CC1CCN(C(=O)[C@@H]2[C@@H](C(=O)O)[C@@H]3C=C[C@H]2C3)CC1. The van der Waals surface area contributed by atoms with Crippen molar-refractivity contribution in [2.75, 3.05) is 13.1 Å². The first kappa shape index (κ1) is 12.7. The topological polar surface area (TPSA) is 57.6 Å². The van der Waals surface area contributed by atoms with Gasteiger partial charge < -0.3 is 10.0 Å². The monoisotopic (exact) mass is 263 g/mol. The van der Waals surface area contributed by atoms with E-state index >= 15 is 0 Å². The maximum Gasteiger partial charge on any atom is 0.307 e. The molecule has 0 spiro atoms. The Balaban J connectivity index is 1.75. The molecule has 104 valence electrons. The van der Waals surface area contributed by atoms with Crippen molar-refractivity contribution in [3.8, 4) is 0 Å². The predicted molar refractivity (Wildman–Crippen MR) is 70.3 cm³/mol. The van der Waals surface area contributed by atoms with Crippen LogP contribution < -0.4 is 0 Å². The number of likely N-dealkylation sites (tertiary alicyclic amines) is 1. The average Bonchev–Trinajstić information content (AvgIpc) is 2.98. The highest BCUT2D eigenvalue weighted by molar-refractivity contribution is 5.87. The Morgan fingerprint density at radius 2 is 1.68 bits per heavy atom. The van der Waals surface area contributed by atoms with Crippen LogP contribution in [-0.4, -0.2) is 35.0 Å². The number of aliphatic carboxylic acids is 1. The molecule has 0 aromatic heterocycles. The van der Waals surface area contributed by atoms with Crippen molar-refractivity contribution in [2.45, 2.75) is 26.2 Å². The summed E-state index contributed by atoms with van der Waals surface area (Å²) in [5.74, 6) is -0.642. The number of rotatable bonds is 2. The van der Waals surface area contributed by atoms with Crippen molar-refractivity contribution in [2.24, 2.45) is 29.6 Å². The van der Waals surface area contributed by atoms with Gasteiger partial charge in [-0.2, -0.15) is 0 Å². The molecule has 4 heteroatoms. The summed E-state index contributed by atoms with van der Waals surface area (Å²) in [5.41, 5.74) is 0. The van der Waals surface area contributed by atoms with E-state index < -0.39 is 11.9 Å². The first-order valence-electron chi connectivity index (χ1n) is 7.28. The number of nitrogens with zero attached hydrogens (tertiary/aromatic N) is 1. The molecule has 2 aliphatic carbocycles. The molecule has 19 heavy (non-hydrogen) atoms. The molecule has 1 heterocycles. The van der Waals surface area contributed by atoms with Gasteiger partial charge >= 0.3 is 5.97 Å². The smallest absolute Gasteiger partial charge is 0.307 e. The number of carbonyl (C=O) groups excluding carboxylic acids is 1. The van der Waals surface area contributed by atoms with Crippen molar-refractivity contribution >= 4 is 11.9 Å². The molecule has 2 fully saturated rings. The third-order valence-electron chi connectivity index (χ3n) is 5.12. The first-order valence-corrected chi connectivity index (χ1v) is 7.28. The lowest BCUT2D eigenvalue weighted by molar-refractivity contribution is -0.151. The molecule has 1 saturated heterocycles. The fourth-order valence-corrected chi connectivity index (χ4v) is 3.94. The Labute approximate surface area is 113 Å². The van der Waals surface area contributed by atoms with Crippen LogP contribution in [0.3, 0.4) is 0 Å². The zero-order valence-corrected chi connectivity index (χ0v) is 11.3. The molecule has 1 N–H and O–H groups in total. The minimum Gasteiger partial charge on any atom is -0.481 e. The van der Waals surface area contributed by atoms with Crippen LogP contribution in [0.1, 0.15) is 26.2 Å². The molecule has 4 atom stereocenters. The number of piperidine rings is 1. The Bertz CT molecular complexity index is 423. The molecule has 3 aliphatic rings. The van der Waals surface area contributed by atoms with Gasteiger partial charge in [0.1, 0.15) is 0 Å². The second kappa shape index (κ2) is 4.66. The van der Waals surface area contributed by atoms with E-state index in [1.54, 1.807) is 0 Å². The molecule has 1 saturated carbocycles. The van der Waals surface area contributed by atoms with Gasteiger partial charge in [0, 0.05) is 13.1 Å². The van der Waals surface area contributed by atoms with E-state index in [1.165, 1.54) is 0 Å². The van der Waals surface area contributed by atoms with Gasteiger partial charge in [0.25, 0.3) is 0 Å². The predicted octanol–water partition coefficient (Wildman–Crippen LogP) is 1.77. The molecule has 0 aromatic rings. The van der Waals surface area contributed by atoms with Crippen LogP contribution in [0.4, 0.5) is 0 Å². The van der Waals surface area contributed by atoms with Crippen molar-refractivity contribution in [1.82, 2.24) is 4.90 Å². The third kappa shape index (κ3) is 2.07. The molecule has 2 bridgehead atoms. The van der Waals surface area contributed by atoms with Crippen LogP contribution in [0.15, 0.2) is 12.2 Å².